The van der Waals surface area contributed by atoms with E-state index in [4.69, 9.17) is 18.0 Å². The average Bonchev–Trinajstić information content (AvgIpc) is 2.85. The number of benzene rings is 1. The fourth-order valence-corrected chi connectivity index (χ4v) is 2.52. The lowest BCUT2D eigenvalue weighted by Gasteiger charge is -2.25. The maximum absolute atomic E-state index is 14.1. The number of thiocarbonyl (C=S) groups is 1. The number of hydrogen-bond acceptors (Lipinski definition) is 4. The smallest absolute Gasteiger partial charge is 0.328 e. The third-order valence-electron chi connectivity index (χ3n) is 3.31. The van der Waals surface area contributed by atoms with Crippen LogP contribution in [0, 0.1) is 11.6 Å². The van der Waals surface area contributed by atoms with Crippen LogP contribution < -0.4 is 10.6 Å². The van der Waals surface area contributed by atoms with Crippen molar-refractivity contribution in [2.75, 3.05) is 18.6 Å². The second-order valence-electron chi connectivity index (χ2n) is 4.53. The highest BCUT2D eigenvalue weighted by Gasteiger charge is 2.34. The molecule has 1 heterocycles. The van der Waals surface area contributed by atoms with Gasteiger partial charge in [-0.2, -0.15) is 0 Å². The Kier molecular flexibility index (Phi) is 4.17. The Morgan fingerprint density at radius 2 is 2.05 bits per heavy atom. The van der Waals surface area contributed by atoms with Crippen molar-refractivity contribution in [3.05, 3.63) is 29.3 Å². The number of esters is 1. The Morgan fingerprint density at radius 3 is 2.55 bits per heavy atom. The van der Waals surface area contributed by atoms with E-state index in [0.29, 0.717) is 19.4 Å². The fourth-order valence-electron chi connectivity index (χ4n) is 2.40. The van der Waals surface area contributed by atoms with Crippen LogP contribution in [0.3, 0.4) is 0 Å². The summed E-state index contributed by atoms with van der Waals surface area (Å²) in [5.74, 6) is -2.08. The number of anilines is 1. The predicted octanol–water partition coefficient (Wildman–Crippen LogP) is 1.74. The zero-order valence-electron chi connectivity index (χ0n) is 10.9. The minimum absolute atomic E-state index is 0.0831. The van der Waals surface area contributed by atoms with Gasteiger partial charge in [-0.15, -0.1) is 0 Å². The van der Waals surface area contributed by atoms with Crippen molar-refractivity contribution in [1.29, 1.82) is 0 Å². The molecule has 0 amide bonds. The van der Waals surface area contributed by atoms with Crippen molar-refractivity contribution < 1.29 is 18.3 Å². The van der Waals surface area contributed by atoms with Gasteiger partial charge in [0.1, 0.15) is 28.4 Å². The van der Waals surface area contributed by atoms with Crippen LogP contribution in [0.4, 0.5) is 14.5 Å². The molecule has 2 rings (SSSR count). The first-order chi connectivity index (χ1) is 9.45. The lowest BCUT2D eigenvalue weighted by Crippen LogP contribution is -2.38. The van der Waals surface area contributed by atoms with Crippen molar-refractivity contribution in [3.8, 4) is 0 Å². The first-order valence-corrected chi connectivity index (χ1v) is 6.50. The maximum Gasteiger partial charge on any atom is 0.328 e. The van der Waals surface area contributed by atoms with E-state index in [1.165, 1.54) is 12.0 Å². The van der Waals surface area contributed by atoms with E-state index in [2.05, 4.69) is 4.74 Å². The molecule has 4 nitrogen and oxygen atoms in total. The van der Waals surface area contributed by atoms with Gasteiger partial charge in [0, 0.05) is 12.1 Å². The number of rotatable bonds is 3. The highest BCUT2D eigenvalue weighted by atomic mass is 32.1. The number of methoxy groups -OCH3 is 1. The molecule has 0 aromatic heterocycles. The molecule has 1 aliphatic heterocycles. The molecule has 2 N–H and O–H groups in total. The Labute approximate surface area is 120 Å². The Balaban J connectivity index is 2.42. The number of ether oxygens (including phenoxy) is 1. The third kappa shape index (κ3) is 2.58. The lowest BCUT2D eigenvalue weighted by molar-refractivity contribution is -0.141. The van der Waals surface area contributed by atoms with Gasteiger partial charge in [-0.25, -0.2) is 13.6 Å². The van der Waals surface area contributed by atoms with Gasteiger partial charge < -0.3 is 15.4 Å². The molecule has 0 spiro atoms. The van der Waals surface area contributed by atoms with Crippen molar-refractivity contribution in [2.24, 2.45) is 5.73 Å². The van der Waals surface area contributed by atoms with Crippen LogP contribution in [0.25, 0.3) is 0 Å². The lowest BCUT2D eigenvalue weighted by atomic mass is 10.1. The van der Waals surface area contributed by atoms with Gasteiger partial charge >= 0.3 is 5.97 Å². The van der Waals surface area contributed by atoms with Gasteiger partial charge in [-0.05, 0) is 25.0 Å². The topological polar surface area (TPSA) is 55.6 Å². The first-order valence-electron chi connectivity index (χ1n) is 6.09. The van der Waals surface area contributed by atoms with E-state index in [9.17, 15) is 13.6 Å². The largest absolute Gasteiger partial charge is 0.467 e. The van der Waals surface area contributed by atoms with Gasteiger partial charge in [-0.1, -0.05) is 12.2 Å². The molecule has 0 bridgehead atoms. The molecule has 1 saturated heterocycles. The second-order valence-corrected chi connectivity index (χ2v) is 4.97. The molecule has 1 aromatic rings. The summed E-state index contributed by atoms with van der Waals surface area (Å²) in [6, 6.07) is 1.49. The van der Waals surface area contributed by atoms with Crippen LogP contribution in [-0.4, -0.2) is 30.7 Å². The molecule has 1 aliphatic rings. The summed E-state index contributed by atoms with van der Waals surface area (Å²) in [7, 11) is 1.25. The molecule has 0 aliphatic carbocycles. The second kappa shape index (κ2) is 5.70. The molecule has 0 radical (unpaired) electrons. The summed E-state index contributed by atoms with van der Waals surface area (Å²) >= 11 is 4.70. The molecule has 1 fully saturated rings. The van der Waals surface area contributed by atoms with Crippen LogP contribution in [0.2, 0.25) is 0 Å². The zero-order chi connectivity index (χ0) is 14.9. The Morgan fingerprint density at radius 1 is 1.45 bits per heavy atom. The van der Waals surface area contributed by atoms with Gasteiger partial charge in [0.05, 0.1) is 7.11 Å². The summed E-state index contributed by atoms with van der Waals surface area (Å²) in [4.78, 5) is 13.0. The molecular weight excluding hydrogens is 286 g/mol. The zero-order valence-corrected chi connectivity index (χ0v) is 11.7. The SMILES string of the molecule is COC(=O)C1CCCN1c1c(F)cc(C(N)=S)cc1F. The normalized spacial score (nSPS) is 18.1. The number of nitrogens with two attached hydrogens (primary N) is 1. The van der Waals surface area contributed by atoms with E-state index < -0.39 is 23.6 Å². The van der Waals surface area contributed by atoms with E-state index >= 15 is 0 Å². The van der Waals surface area contributed by atoms with Crippen LogP contribution in [0.1, 0.15) is 18.4 Å². The van der Waals surface area contributed by atoms with Crippen molar-refractivity contribution in [2.45, 2.75) is 18.9 Å². The standard InChI is InChI=1S/C13H14F2N2O2S/c1-19-13(18)10-3-2-4-17(10)11-8(14)5-7(12(16)20)6-9(11)15/h5-6,10H,2-4H2,1H3,(H2,16,20). The summed E-state index contributed by atoms with van der Waals surface area (Å²) in [5.41, 5.74) is 5.24. The highest BCUT2D eigenvalue weighted by Crippen LogP contribution is 2.31. The van der Waals surface area contributed by atoms with Gasteiger partial charge in [0.2, 0.25) is 0 Å². The molecule has 1 unspecified atom stereocenters. The quantitative estimate of drug-likeness (QED) is 0.681. The summed E-state index contributed by atoms with van der Waals surface area (Å²) < 4.78 is 32.9. The molecule has 7 heteroatoms. The van der Waals surface area contributed by atoms with E-state index in [0.717, 1.165) is 12.1 Å². The summed E-state index contributed by atoms with van der Waals surface area (Å²) in [6.07, 6.45) is 1.16. The number of carbonyl (C=O) groups is 1. The fraction of sp³-hybridized carbons (Fsp3) is 0.385. The highest BCUT2D eigenvalue weighted by molar-refractivity contribution is 7.80. The maximum atomic E-state index is 14.1. The number of halogens is 2. The van der Waals surface area contributed by atoms with Crippen LogP contribution >= 0.6 is 12.2 Å². The van der Waals surface area contributed by atoms with Gasteiger partial charge in [-0.3, -0.25) is 0 Å². The van der Waals surface area contributed by atoms with Gasteiger partial charge in [0.25, 0.3) is 0 Å². The average molecular weight is 300 g/mol. The Hall–Kier alpha value is -1.76. The molecule has 20 heavy (non-hydrogen) atoms. The monoisotopic (exact) mass is 300 g/mol. The molecule has 108 valence electrons. The molecule has 1 aromatic carbocycles. The van der Waals surface area contributed by atoms with Crippen LogP contribution in [-0.2, 0) is 9.53 Å². The van der Waals surface area contributed by atoms with Crippen LogP contribution in [0.15, 0.2) is 12.1 Å². The minimum atomic E-state index is -0.788. The third-order valence-corrected chi connectivity index (χ3v) is 3.55. The molecular formula is C13H14F2N2O2S. The predicted molar refractivity (Wildman–Crippen MR) is 74.6 cm³/mol. The Bertz CT molecular complexity index is 542. The number of nitrogens with zero attached hydrogens (tertiary/aromatic N) is 1. The van der Waals surface area contributed by atoms with Gasteiger partial charge in [0.15, 0.2) is 0 Å². The first kappa shape index (κ1) is 14.6. The van der Waals surface area contributed by atoms with Crippen molar-refractivity contribution in [1.82, 2.24) is 0 Å². The van der Waals surface area contributed by atoms with Crippen molar-refractivity contribution >= 4 is 28.9 Å². The molecule has 1 atom stereocenters. The van der Waals surface area contributed by atoms with E-state index in [-0.39, 0.29) is 16.2 Å². The summed E-state index contributed by atoms with van der Waals surface area (Å²) in [5, 5.41) is 0. The minimum Gasteiger partial charge on any atom is -0.467 e. The van der Waals surface area contributed by atoms with E-state index in [1.807, 2.05) is 0 Å². The van der Waals surface area contributed by atoms with Crippen LogP contribution in [0.5, 0.6) is 0 Å². The summed E-state index contributed by atoms with van der Waals surface area (Å²) in [6.45, 7) is 0.389. The number of carbonyl (C=O) groups excluding carboxylic acids is 1. The molecule has 0 saturated carbocycles. The van der Waals surface area contributed by atoms with Crippen molar-refractivity contribution in [3.63, 3.8) is 0 Å². The van der Waals surface area contributed by atoms with E-state index in [1.54, 1.807) is 0 Å². The number of hydrogen-bond donors (Lipinski definition) is 1.